The van der Waals surface area contributed by atoms with Crippen LogP contribution < -0.4 is 14.4 Å². The fraction of sp³-hybridized carbons (Fsp3) is 0.450. The molecule has 8 nitrogen and oxygen atoms in total. The van der Waals surface area contributed by atoms with Crippen LogP contribution in [0.15, 0.2) is 47.1 Å². The first kappa shape index (κ1) is 21.2. The molecule has 0 bridgehead atoms. The zero-order chi connectivity index (χ0) is 20.9. The van der Waals surface area contributed by atoms with Gasteiger partial charge in [-0.3, -0.25) is 9.10 Å². The fourth-order valence-electron chi connectivity index (χ4n) is 3.46. The summed E-state index contributed by atoms with van der Waals surface area (Å²) in [6.07, 6.45) is 2.85. The molecule has 1 unspecified atom stereocenters. The first-order chi connectivity index (χ1) is 14.0. The predicted molar refractivity (Wildman–Crippen MR) is 110 cm³/mol. The highest BCUT2D eigenvalue weighted by Crippen LogP contribution is 2.26. The number of carbonyl (C=O) groups is 1. The fourth-order valence-corrected chi connectivity index (χ4v) is 5.19. The monoisotopic (exact) mass is 421 g/mol. The molecule has 2 aromatic rings. The molecule has 3 rings (SSSR count). The minimum Gasteiger partial charge on any atom is -0.497 e. The summed E-state index contributed by atoms with van der Waals surface area (Å²) >= 11 is 0. The van der Waals surface area contributed by atoms with Gasteiger partial charge in [-0.2, -0.15) is 12.7 Å². The van der Waals surface area contributed by atoms with Crippen LogP contribution >= 0.6 is 0 Å². The van der Waals surface area contributed by atoms with Gasteiger partial charge in [-0.1, -0.05) is 0 Å². The summed E-state index contributed by atoms with van der Waals surface area (Å²) in [4.78, 5) is 12.5. The summed E-state index contributed by atoms with van der Waals surface area (Å²) in [5.74, 6) is 0.778. The SMILES string of the molecule is CCN(c1ccc(OC)cc1)S(=O)(=O)N1CCCC(C(=O)NCc2ccco2)C1. The molecule has 0 spiro atoms. The lowest BCUT2D eigenvalue weighted by molar-refractivity contribution is -0.126. The topological polar surface area (TPSA) is 92.1 Å². The van der Waals surface area contributed by atoms with Gasteiger partial charge in [-0.25, -0.2) is 0 Å². The molecule has 1 aliphatic heterocycles. The largest absolute Gasteiger partial charge is 0.497 e. The van der Waals surface area contributed by atoms with E-state index < -0.39 is 10.2 Å². The van der Waals surface area contributed by atoms with Gasteiger partial charge in [0, 0.05) is 19.6 Å². The number of nitrogens with zero attached hydrogens (tertiary/aromatic N) is 2. The Morgan fingerprint density at radius 1 is 1.31 bits per heavy atom. The average molecular weight is 422 g/mol. The quantitative estimate of drug-likeness (QED) is 0.707. The first-order valence-electron chi connectivity index (χ1n) is 9.67. The molecule has 0 radical (unpaired) electrons. The average Bonchev–Trinajstić information content (AvgIpc) is 3.26. The molecule has 1 amide bonds. The third-order valence-corrected chi connectivity index (χ3v) is 7.03. The molecule has 1 aromatic heterocycles. The van der Waals surface area contributed by atoms with E-state index in [9.17, 15) is 13.2 Å². The number of rotatable bonds is 8. The highest BCUT2D eigenvalue weighted by molar-refractivity contribution is 7.90. The third kappa shape index (κ3) is 4.91. The lowest BCUT2D eigenvalue weighted by atomic mass is 9.99. The number of carbonyl (C=O) groups excluding carboxylic acids is 1. The van der Waals surface area contributed by atoms with Gasteiger partial charge in [0.2, 0.25) is 5.91 Å². The second-order valence-corrected chi connectivity index (χ2v) is 8.72. The number of amides is 1. The van der Waals surface area contributed by atoms with Crippen molar-refractivity contribution in [3.63, 3.8) is 0 Å². The van der Waals surface area contributed by atoms with E-state index in [4.69, 9.17) is 9.15 Å². The standard InChI is InChI=1S/C20H27N3O5S/c1-3-23(17-8-10-18(27-2)11-9-17)29(25,26)22-12-4-6-16(15-22)20(24)21-14-19-7-5-13-28-19/h5,7-11,13,16H,3-4,6,12,14-15H2,1-2H3,(H,21,24). The highest BCUT2D eigenvalue weighted by Gasteiger charge is 2.35. The van der Waals surface area contributed by atoms with Crippen LogP contribution in [0.3, 0.4) is 0 Å². The Kier molecular flexibility index (Phi) is 6.81. The van der Waals surface area contributed by atoms with E-state index in [2.05, 4.69) is 5.32 Å². The minimum atomic E-state index is -3.74. The normalized spacial score (nSPS) is 17.7. The van der Waals surface area contributed by atoms with E-state index in [-0.39, 0.29) is 18.4 Å². The van der Waals surface area contributed by atoms with Gasteiger partial charge in [-0.15, -0.1) is 0 Å². The zero-order valence-electron chi connectivity index (χ0n) is 16.7. The van der Waals surface area contributed by atoms with E-state index in [0.717, 1.165) is 0 Å². The van der Waals surface area contributed by atoms with E-state index in [0.29, 0.717) is 49.7 Å². The molecule has 158 valence electrons. The van der Waals surface area contributed by atoms with Gasteiger partial charge < -0.3 is 14.5 Å². The maximum atomic E-state index is 13.3. The second kappa shape index (κ2) is 9.32. The Balaban J connectivity index is 1.68. The maximum absolute atomic E-state index is 13.3. The van der Waals surface area contributed by atoms with Crippen molar-refractivity contribution in [2.24, 2.45) is 5.92 Å². The molecule has 1 aromatic carbocycles. The summed E-state index contributed by atoms with van der Waals surface area (Å²) in [5.41, 5.74) is 0.567. The van der Waals surface area contributed by atoms with Crippen molar-refractivity contribution in [1.29, 1.82) is 0 Å². The molecule has 2 heterocycles. The van der Waals surface area contributed by atoms with Crippen molar-refractivity contribution >= 4 is 21.8 Å². The summed E-state index contributed by atoms with van der Waals surface area (Å²) in [6, 6.07) is 10.4. The summed E-state index contributed by atoms with van der Waals surface area (Å²) in [7, 11) is -2.18. The number of furan rings is 1. The van der Waals surface area contributed by atoms with Crippen molar-refractivity contribution in [3.8, 4) is 5.75 Å². The minimum absolute atomic E-state index is 0.159. The van der Waals surface area contributed by atoms with Gasteiger partial charge in [-0.05, 0) is 56.2 Å². The van der Waals surface area contributed by atoms with E-state index in [1.807, 2.05) is 0 Å². The Morgan fingerprint density at radius 2 is 2.07 bits per heavy atom. The number of ether oxygens (including phenoxy) is 1. The first-order valence-corrected chi connectivity index (χ1v) is 11.1. The molecule has 9 heteroatoms. The molecule has 1 aliphatic rings. The summed E-state index contributed by atoms with van der Waals surface area (Å²) in [6.45, 7) is 2.94. The maximum Gasteiger partial charge on any atom is 0.304 e. The Bertz CT molecular complexity index is 897. The molecule has 1 fully saturated rings. The third-order valence-electron chi connectivity index (χ3n) is 5.02. The Hall–Kier alpha value is -2.52. The second-order valence-electron chi connectivity index (χ2n) is 6.86. The Morgan fingerprint density at radius 3 is 2.69 bits per heavy atom. The number of nitrogens with one attached hydrogen (secondary N) is 1. The zero-order valence-corrected chi connectivity index (χ0v) is 17.5. The van der Waals surface area contributed by atoms with Gasteiger partial charge in [0.1, 0.15) is 11.5 Å². The van der Waals surface area contributed by atoms with Crippen LogP contribution in [0, 0.1) is 5.92 Å². The van der Waals surface area contributed by atoms with E-state index in [1.165, 1.54) is 8.61 Å². The molecule has 1 atom stereocenters. The van der Waals surface area contributed by atoms with Crippen LogP contribution in [-0.4, -0.2) is 45.4 Å². The molecular weight excluding hydrogens is 394 g/mol. The van der Waals surface area contributed by atoms with E-state index >= 15 is 0 Å². The van der Waals surface area contributed by atoms with Gasteiger partial charge >= 0.3 is 10.2 Å². The van der Waals surface area contributed by atoms with Crippen LogP contribution in [0.1, 0.15) is 25.5 Å². The van der Waals surface area contributed by atoms with Crippen molar-refractivity contribution in [2.45, 2.75) is 26.3 Å². The highest BCUT2D eigenvalue weighted by atomic mass is 32.2. The van der Waals surface area contributed by atoms with Gasteiger partial charge in [0.05, 0.1) is 31.5 Å². The van der Waals surface area contributed by atoms with Crippen LogP contribution in [0.2, 0.25) is 0 Å². The van der Waals surface area contributed by atoms with Crippen molar-refractivity contribution < 1.29 is 22.4 Å². The number of hydrogen-bond donors (Lipinski definition) is 1. The van der Waals surface area contributed by atoms with Crippen molar-refractivity contribution in [2.75, 3.05) is 31.0 Å². The van der Waals surface area contributed by atoms with Gasteiger partial charge in [0.15, 0.2) is 0 Å². The van der Waals surface area contributed by atoms with E-state index in [1.54, 1.807) is 56.7 Å². The molecular formula is C20H27N3O5S. The lowest BCUT2D eigenvalue weighted by Gasteiger charge is -2.35. The number of hydrogen-bond acceptors (Lipinski definition) is 5. The number of piperidine rings is 1. The smallest absolute Gasteiger partial charge is 0.304 e. The Labute approximate surface area is 171 Å². The number of methoxy groups -OCH3 is 1. The van der Waals surface area contributed by atoms with Crippen LogP contribution in [0.25, 0.3) is 0 Å². The van der Waals surface area contributed by atoms with Crippen molar-refractivity contribution in [3.05, 3.63) is 48.4 Å². The lowest BCUT2D eigenvalue weighted by Crippen LogP contribution is -2.50. The van der Waals surface area contributed by atoms with Crippen molar-refractivity contribution in [1.82, 2.24) is 9.62 Å². The predicted octanol–water partition coefficient (Wildman–Crippen LogP) is 2.39. The van der Waals surface area contributed by atoms with Crippen LogP contribution in [0.5, 0.6) is 5.75 Å². The molecule has 0 saturated carbocycles. The van der Waals surface area contributed by atoms with Gasteiger partial charge in [0.25, 0.3) is 0 Å². The van der Waals surface area contributed by atoms with Crippen LogP contribution in [-0.2, 0) is 21.5 Å². The summed E-state index contributed by atoms with van der Waals surface area (Å²) < 4.78 is 39.6. The molecule has 0 aliphatic carbocycles. The molecule has 1 N–H and O–H groups in total. The molecule has 1 saturated heterocycles. The molecule has 29 heavy (non-hydrogen) atoms. The number of benzene rings is 1. The number of anilines is 1. The summed E-state index contributed by atoms with van der Waals surface area (Å²) in [5, 5.41) is 2.83. The van der Waals surface area contributed by atoms with Crippen LogP contribution in [0.4, 0.5) is 5.69 Å².